The van der Waals surface area contributed by atoms with Gasteiger partial charge in [0.05, 0.1) is 10.0 Å². The normalized spacial score (nSPS) is 10.4. The lowest BCUT2D eigenvalue weighted by molar-refractivity contribution is -0.118. The summed E-state index contributed by atoms with van der Waals surface area (Å²) in [6.07, 6.45) is 0. The van der Waals surface area contributed by atoms with Gasteiger partial charge in [0.2, 0.25) is 0 Å². The van der Waals surface area contributed by atoms with E-state index in [1.165, 1.54) is 0 Å². The number of anilines is 2. The molecule has 0 bridgehead atoms. The lowest BCUT2D eigenvalue weighted by Gasteiger charge is -2.13. The van der Waals surface area contributed by atoms with Crippen LogP contribution in [-0.2, 0) is 11.3 Å². The molecule has 5 nitrogen and oxygen atoms in total. The zero-order chi connectivity index (χ0) is 23.8. The van der Waals surface area contributed by atoms with E-state index >= 15 is 0 Å². The van der Waals surface area contributed by atoms with Gasteiger partial charge < -0.3 is 20.1 Å². The van der Waals surface area contributed by atoms with Crippen molar-refractivity contribution >= 4 is 40.5 Å². The van der Waals surface area contributed by atoms with Gasteiger partial charge in [0.15, 0.2) is 12.4 Å². The van der Waals surface area contributed by atoms with Crippen LogP contribution in [0.15, 0.2) is 97.1 Å². The van der Waals surface area contributed by atoms with Gasteiger partial charge >= 0.3 is 0 Å². The highest BCUT2D eigenvalue weighted by Gasteiger charge is 2.12. The molecule has 4 rings (SSSR count). The number of halogens is 2. The van der Waals surface area contributed by atoms with Crippen molar-refractivity contribution in [3.63, 3.8) is 0 Å². The van der Waals surface area contributed by atoms with Gasteiger partial charge in [-0.05, 0) is 66.2 Å². The van der Waals surface area contributed by atoms with E-state index in [1.807, 2.05) is 72.8 Å². The monoisotopic (exact) mass is 492 g/mol. The van der Waals surface area contributed by atoms with Gasteiger partial charge in [-0.3, -0.25) is 4.79 Å². The molecule has 0 saturated carbocycles. The predicted octanol–water partition coefficient (Wildman–Crippen LogP) is 7.42. The zero-order valence-corrected chi connectivity index (χ0v) is 19.6. The van der Waals surface area contributed by atoms with E-state index < -0.39 is 0 Å². The van der Waals surface area contributed by atoms with E-state index in [9.17, 15) is 4.79 Å². The van der Waals surface area contributed by atoms with Crippen LogP contribution in [0.5, 0.6) is 17.2 Å². The van der Waals surface area contributed by atoms with Gasteiger partial charge in [-0.15, -0.1) is 0 Å². The van der Waals surface area contributed by atoms with E-state index in [1.54, 1.807) is 24.3 Å². The van der Waals surface area contributed by atoms with Crippen molar-refractivity contribution in [2.45, 2.75) is 6.54 Å². The van der Waals surface area contributed by atoms with Crippen molar-refractivity contribution < 1.29 is 14.3 Å². The lowest BCUT2D eigenvalue weighted by Crippen LogP contribution is -2.20. The first-order valence-corrected chi connectivity index (χ1v) is 11.3. The highest BCUT2D eigenvalue weighted by atomic mass is 35.5. The Hall–Kier alpha value is -3.67. The summed E-state index contributed by atoms with van der Waals surface area (Å²) in [5.41, 5.74) is 2.49. The molecule has 0 heterocycles. The van der Waals surface area contributed by atoms with Crippen molar-refractivity contribution in [2.75, 3.05) is 17.2 Å². The fraction of sp³-hybridized carbons (Fsp3) is 0.0741. The SMILES string of the molecule is O=C(COc1c(Cl)cc(CNc2ccc(Oc3ccccc3)cc2)cc1Cl)Nc1ccccc1. The zero-order valence-electron chi connectivity index (χ0n) is 18.1. The molecule has 0 aliphatic rings. The molecule has 0 aliphatic heterocycles. The number of carbonyl (C=O) groups is 1. The number of carbonyl (C=O) groups excluding carboxylic acids is 1. The number of amides is 1. The molecule has 7 heteroatoms. The molecule has 0 aromatic heterocycles. The molecule has 0 atom stereocenters. The van der Waals surface area contributed by atoms with Crippen molar-refractivity contribution in [1.82, 2.24) is 0 Å². The summed E-state index contributed by atoms with van der Waals surface area (Å²) in [7, 11) is 0. The molecule has 0 fully saturated rings. The molecule has 0 spiro atoms. The Morgan fingerprint density at radius 3 is 1.97 bits per heavy atom. The number of benzene rings is 4. The topological polar surface area (TPSA) is 59.6 Å². The van der Waals surface area contributed by atoms with Crippen LogP contribution in [0, 0.1) is 0 Å². The van der Waals surface area contributed by atoms with E-state index in [0.717, 1.165) is 22.7 Å². The first-order chi connectivity index (χ1) is 16.6. The third-order valence-corrected chi connectivity index (χ3v) is 5.35. The molecular weight excluding hydrogens is 471 g/mol. The third-order valence-electron chi connectivity index (χ3n) is 4.79. The van der Waals surface area contributed by atoms with E-state index in [4.69, 9.17) is 32.7 Å². The second-order valence-electron chi connectivity index (χ2n) is 7.38. The fourth-order valence-electron chi connectivity index (χ4n) is 3.18. The minimum atomic E-state index is -0.302. The van der Waals surface area contributed by atoms with Crippen molar-refractivity contribution in [1.29, 1.82) is 0 Å². The number of hydrogen-bond donors (Lipinski definition) is 2. The van der Waals surface area contributed by atoms with Crippen molar-refractivity contribution in [2.24, 2.45) is 0 Å². The number of ether oxygens (including phenoxy) is 2. The number of nitrogens with one attached hydrogen (secondary N) is 2. The largest absolute Gasteiger partial charge is 0.481 e. The average Bonchev–Trinajstić information content (AvgIpc) is 2.84. The summed E-state index contributed by atoms with van der Waals surface area (Å²) in [5, 5.41) is 6.75. The maximum Gasteiger partial charge on any atom is 0.262 e. The second kappa shape index (κ2) is 11.5. The maximum atomic E-state index is 12.1. The maximum absolute atomic E-state index is 12.1. The average molecular weight is 493 g/mol. The Morgan fingerprint density at radius 2 is 1.32 bits per heavy atom. The van der Waals surface area contributed by atoms with Crippen molar-refractivity contribution in [3.8, 4) is 17.2 Å². The third kappa shape index (κ3) is 6.67. The van der Waals surface area contributed by atoms with E-state index in [-0.39, 0.29) is 18.3 Å². The smallest absolute Gasteiger partial charge is 0.262 e. The minimum absolute atomic E-state index is 0.205. The molecule has 4 aromatic carbocycles. The quantitative estimate of drug-likeness (QED) is 0.255. The molecule has 172 valence electrons. The van der Waals surface area contributed by atoms with Gasteiger partial charge in [0.25, 0.3) is 5.91 Å². The molecule has 0 unspecified atom stereocenters. The van der Waals surface area contributed by atoms with Crippen LogP contribution in [0.2, 0.25) is 10.0 Å². The lowest BCUT2D eigenvalue weighted by atomic mass is 10.2. The summed E-state index contributed by atoms with van der Waals surface area (Å²) >= 11 is 12.7. The summed E-state index contributed by atoms with van der Waals surface area (Å²) in [6.45, 7) is 0.302. The molecule has 2 N–H and O–H groups in total. The molecular formula is C27H22Cl2N2O3. The molecule has 1 amide bonds. The Balaban J connectivity index is 1.30. The van der Waals surface area contributed by atoms with Gasteiger partial charge in [-0.1, -0.05) is 59.6 Å². The highest BCUT2D eigenvalue weighted by molar-refractivity contribution is 6.37. The highest BCUT2D eigenvalue weighted by Crippen LogP contribution is 2.34. The Labute approximate surface area is 208 Å². The van der Waals surface area contributed by atoms with Crippen LogP contribution >= 0.6 is 23.2 Å². The van der Waals surface area contributed by atoms with Crippen LogP contribution in [-0.4, -0.2) is 12.5 Å². The van der Waals surface area contributed by atoms with Crippen LogP contribution in [0.3, 0.4) is 0 Å². The first kappa shape index (κ1) is 23.5. The fourth-order valence-corrected chi connectivity index (χ4v) is 3.82. The van der Waals surface area contributed by atoms with Gasteiger partial charge in [0, 0.05) is 17.9 Å². The van der Waals surface area contributed by atoms with E-state index in [2.05, 4.69) is 10.6 Å². The Bertz CT molecular complexity index is 1210. The standard InChI is InChI=1S/C27H22Cl2N2O3/c28-24-15-19(16-25(29)27(24)33-18-26(32)31-21-7-3-1-4-8-21)17-30-20-11-13-23(14-12-20)34-22-9-5-2-6-10-22/h1-16,30H,17-18H2,(H,31,32). The predicted molar refractivity (Wildman–Crippen MR) is 137 cm³/mol. The van der Waals surface area contributed by atoms with Gasteiger partial charge in [-0.25, -0.2) is 0 Å². The van der Waals surface area contributed by atoms with Crippen LogP contribution in [0.25, 0.3) is 0 Å². The minimum Gasteiger partial charge on any atom is -0.481 e. The number of hydrogen-bond acceptors (Lipinski definition) is 4. The van der Waals surface area contributed by atoms with Gasteiger partial charge in [-0.2, -0.15) is 0 Å². The summed E-state index contributed by atoms with van der Waals surface area (Å²) < 4.78 is 11.4. The van der Waals surface area contributed by atoms with Crippen LogP contribution in [0.1, 0.15) is 5.56 Å². The summed E-state index contributed by atoms with van der Waals surface area (Å²) in [6, 6.07) is 29.9. The Morgan fingerprint density at radius 1 is 0.735 bits per heavy atom. The molecule has 0 radical (unpaired) electrons. The molecule has 4 aromatic rings. The van der Waals surface area contributed by atoms with Gasteiger partial charge in [0.1, 0.15) is 11.5 Å². The van der Waals surface area contributed by atoms with Crippen LogP contribution in [0.4, 0.5) is 11.4 Å². The first-order valence-electron chi connectivity index (χ1n) is 10.6. The molecule has 34 heavy (non-hydrogen) atoms. The van der Waals surface area contributed by atoms with Crippen LogP contribution < -0.4 is 20.1 Å². The Kier molecular flexibility index (Phi) is 7.91. The summed E-state index contributed by atoms with van der Waals surface area (Å²) in [5.74, 6) is 1.51. The molecule has 0 saturated heterocycles. The van der Waals surface area contributed by atoms with E-state index in [0.29, 0.717) is 22.3 Å². The number of para-hydroxylation sites is 2. The van der Waals surface area contributed by atoms with Crippen molar-refractivity contribution in [3.05, 3.63) is 113 Å². The second-order valence-corrected chi connectivity index (χ2v) is 8.20. The summed E-state index contributed by atoms with van der Waals surface area (Å²) in [4.78, 5) is 12.1. The molecule has 0 aliphatic carbocycles. The number of rotatable bonds is 9.